The van der Waals surface area contributed by atoms with E-state index in [2.05, 4.69) is 25.9 Å². The van der Waals surface area contributed by atoms with Gasteiger partial charge in [-0.2, -0.15) is 4.98 Å². The number of amides is 1. The minimum Gasteiger partial charge on any atom is -0.497 e. The van der Waals surface area contributed by atoms with Crippen LogP contribution in [-0.2, 0) is 0 Å². The van der Waals surface area contributed by atoms with Crippen LogP contribution in [0, 0.1) is 6.92 Å². The molecule has 168 valence electrons. The van der Waals surface area contributed by atoms with Crippen LogP contribution in [-0.4, -0.2) is 50.3 Å². The summed E-state index contributed by atoms with van der Waals surface area (Å²) in [6, 6.07) is 14.4. The Balaban J connectivity index is 1.55. The number of aryl methyl sites for hydroxylation is 1. The average molecular weight is 438 g/mol. The summed E-state index contributed by atoms with van der Waals surface area (Å²) in [6.45, 7) is 2.74. The van der Waals surface area contributed by atoms with Crippen LogP contribution in [0.1, 0.15) is 16.1 Å². The van der Waals surface area contributed by atoms with Crippen LogP contribution in [0.2, 0.25) is 0 Å². The monoisotopic (exact) mass is 437 g/mol. The van der Waals surface area contributed by atoms with Crippen molar-refractivity contribution in [1.82, 2.24) is 15.3 Å². The number of nitrogens with one attached hydrogen (secondary N) is 3. The Labute approximate surface area is 187 Å². The number of hydrogen-bond donors (Lipinski definition) is 3. The lowest BCUT2D eigenvalue weighted by molar-refractivity contribution is 0.0954. The van der Waals surface area contributed by atoms with E-state index in [9.17, 15) is 4.79 Å². The first-order chi connectivity index (χ1) is 15.5. The second kappa shape index (κ2) is 10.9. The van der Waals surface area contributed by atoms with Gasteiger partial charge in [0.05, 0.1) is 21.3 Å². The molecule has 0 fully saturated rings. The first-order valence-electron chi connectivity index (χ1n) is 10.0. The molecule has 3 rings (SSSR count). The van der Waals surface area contributed by atoms with E-state index in [1.807, 2.05) is 37.3 Å². The van der Waals surface area contributed by atoms with Gasteiger partial charge >= 0.3 is 0 Å². The molecule has 0 bridgehead atoms. The maximum absolute atomic E-state index is 12.4. The maximum atomic E-state index is 12.4. The summed E-state index contributed by atoms with van der Waals surface area (Å²) in [5.74, 6) is 2.80. The molecule has 9 nitrogen and oxygen atoms in total. The third-order valence-electron chi connectivity index (χ3n) is 4.52. The molecule has 2 aromatic carbocycles. The van der Waals surface area contributed by atoms with Gasteiger partial charge in [-0.3, -0.25) is 4.79 Å². The number of rotatable bonds is 10. The van der Waals surface area contributed by atoms with Gasteiger partial charge in [0.15, 0.2) is 0 Å². The summed E-state index contributed by atoms with van der Waals surface area (Å²) in [5, 5.41) is 9.24. The molecule has 3 N–H and O–H groups in total. The molecule has 1 amide bonds. The van der Waals surface area contributed by atoms with Crippen LogP contribution in [0.4, 0.5) is 17.5 Å². The maximum Gasteiger partial charge on any atom is 0.251 e. The van der Waals surface area contributed by atoms with Gasteiger partial charge in [0.25, 0.3) is 5.91 Å². The third kappa shape index (κ3) is 6.24. The lowest BCUT2D eigenvalue weighted by Gasteiger charge is -2.11. The van der Waals surface area contributed by atoms with Gasteiger partial charge in [0.1, 0.15) is 23.1 Å². The van der Waals surface area contributed by atoms with E-state index >= 15 is 0 Å². The fourth-order valence-corrected chi connectivity index (χ4v) is 2.92. The standard InChI is InChI=1S/C23H27N5O4/c1-15-11-21(27-17-5-7-18(30-2)8-6-17)28-23(26-15)25-10-9-24-22(29)16-12-19(31-3)14-20(13-16)32-4/h5-8,11-14H,9-10H2,1-4H3,(H,24,29)(H2,25,26,27,28). The van der Waals surface area contributed by atoms with Crippen LogP contribution in [0.15, 0.2) is 48.5 Å². The van der Waals surface area contributed by atoms with Gasteiger partial charge in [-0.05, 0) is 43.3 Å². The van der Waals surface area contributed by atoms with Crippen molar-refractivity contribution in [2.45, 2.75) is 6.92 Å². The van der Waals surface area contributed by atoms with Crippen LogP contribution >= 0.6 is 0 Å². The normalized spacial score (nSPS) is 10.2. The third-order valence-corrected chi connectivity index (χ3v) is 4.52. The number of nitrogens with zero attached hydrogens (tertiary/aromatic N) is 2. The molecule has 0 radical (unpaired) electrons. The highest BCUT2D eigenvalue weighted by molar-refractivity contribution is 5.95. The second-order valence-corrected chi connectivity index (χ2v) is 6.86. The summed E-state index contributed by atoms with van der Waals surface area (Å²) < 4.78 is 15.6. The highest BCUT2D eigenvalue weighted by Gasteiger charge is 2.10. The van der Waals surface area contributed by atoms with Gasteiger partial charge < -0.3 is 30.2 Å². The quantitative estimate of drug-likeness (QED) is 0.415. The molecule has 0 aliphatic carbocycles. The zero-order valence-corrected chi connectivity index (χ0v) is 18.6. The Hall–Kier alpha value is -4.01. The molecule has 9 heteroatoms. The largest absolute Gasteiger partial charge is 0.497 e. The van der Waals surface area contributed by atoms with Crippen molar-refractivity contribution in [1.29, 1.82) is 0 Å². The van der Waals surface area contributed by atoms with Gasteiger partial charge in [-0.15, -0.1) is 0 Å². The molecule has 1 aromatic heterocycles. The SMILES string of the molecule is COc1ccc(Nc2cc(C)nc(NCCNC(=O)c3cc(OC)cc(OC)c3)n2)cc1. The Morgan fingerprint density at radius 1 is 0.844 bits per heavy atom. The highest BCUT2D eigenvalue weighted by atomic mass is 16.5. The number of aromatic nitrogens is 2. The molecule has 1 heterocycles. The van der Waals surface area contributed by atoms with Crippen LogP contribution in [0.5, 0.6) is 17.2 Å². The minimum atomic E-state index is -0.226. The number of methoxy groups -OCH3 is 3. The molecule has 0 aliphatic rings. The van der Waals surface area contributed by atoms with E-state index in [0.717, 1.165) is 17.1 Å². The van der Waals surface area contributed by atoms with E-state index in [0.29, 0.717) is 41.9 Å². The van der Waals surface area contributed by atoms with Gasteiger partial charge in [0, 0.05) is 42.2 Å². The summed E-state index contributed by atoms with van der Waals surface area (Å²) in [7, 11) is 4.71. The Morgan fingerprint density at radius 3 is 2.12 bits per heavy atom. The number of hydrogen-bond acceptors (Lipinski definition) is 8. The fraction of sp³-hybridized carbons (Fsp3) is 0.261. The molecule has 0 atom stereocenters. The molecule has 32 heavy (non-hydrogen) atoms. The smallest absolute Gasteiger partial charge is 0.251 e. The van der Waals surface area contributed by atoms with Gasteiger partial charge in [-0.1, -0.05) is 0 Å². The van der Waals surface area contributed by atoms with Gasteiger partial charge in [0.2, 0.25) is 5.95 Å². The Kier molecular flexibility index (Phi) is 7.69. The average Bonchev–Trinajstić information content (AvgIpc) is 2.81. The topological polar surface area (TPSA) is 107 Å². The van der Waals surface area contributed by atoms with E-state index in [1.165, 1.54) is 0 Å². The number of carbonyl (C=O) groups excluding carboxylic acids is 1. The molecule has 0 unspecified atom stereocenters. The summed E-state index contributed by atoms with van der Waals surface area (Å²) >= 11 is 0. The zero-order chi connectivity index (χ0) is 22.9. The highest BCUT2D eigenvalue weighted by Crippen LogP contribution is 2.22. The number of carbonyl (C=O) groups is 1. The lowest BCUT2D eigenvalue weighted by Crippen LogP contribution is -2.29. The number of ether oxygens (including phenoxy) is 3. The minimum absolute atomic E-state index is 0.226. The fourth-order valence-electron chi connectivity index (χ4n) is 2.92. The molecule has 0 saturated heterocycles. The van der Waals surface area contributed by atoms with Crippen molar-refractivity contribution in [3.63, 3.8) is 0 Å². The zero-order valence-electron chi connectivity index (χ0n) is 18.6. The lowest BCUT2D eigenvalue weighted by atomic mass is 10.2. The van der Waals surface area contributed by atoms with Crippen molar-refractivity contribution in [3.05, 3.63) is 59.8 Å². The number of benzene rings is 2. The van der Waals surface area contributed by atoms with Crippen molar-refractivity contribution in [2.24, 2.45) is 0 Å². The van der Waals surface area contributed by atoms with Gasteiger partial charge in [-0.25, -0.2) is 4.98 Å². The van der Waals surface area contributed by atoms with E-state index in [1.54, 1.807) is 39.5 Å². The summed E-state index contributed by atoms with van der Waals surface area (Å²) in [4.78, 5) is 21.3. The Morgan fingerprint density at radius 2 is 1.50 bits per heavy atom. The molecule has 0 saturated carbocycles. The summed E-state index contributed by atoms with van der Waals surface area (Å²) in [5.41, 5.74) is 2.15. The first-order valence-corrected chi connectivity index (χ1v) is 10.0. The van der Waals surface area contributed by atoms with Crippen LogP contribution in [0.25, 0.3) is 0 Å². The van der Waals surface area contributed by atoms with Crippen LogP contribution < -0.4 is 30.2 Å². The molecule has 0 aliphatic heterocycles. The van der Waals surface area contributed by atoms with Crippen LogP contribution in [0.3, 0.4) is 0 Å². The number of anilines is 3. The Bertz CT molecular complexity index is 1030. The summed E-state index contributed by atoms with van der Waals surface area (Å²) in [6.07, 6.45) is 0. The predicted molar refractivity (Wildman–Crippen MR) is 123 cm³/mol. The van der Waals surface area contributed by atoms with E-state index < -0.39 is 0 Å². The van der Waals surface area contributed by atoms with E-state index in [-0.39, 0.29) is 5.91 Å². The predicted octanol–water partition coefficient (Wildman–Crippen LogP) is 3.40. The first kappa shape index (κ1) is 22.7. The van der Waals surface area contributed by atoms with Crippen molar-refractivity contribution >= 4 is 23.4 Å². The molecule has 3 aromatic rings. The van der Waals surface area contributed by atoms with Crippen molar-refractivity contribution in [2.75, 3.05) is 45.1 Å². The second-order valence-electron chi connectivity index (χ2n) is 6.86. The van der Waals surface area contributed by atoms with E-state index in [4.69, 9.17) is 14.2 Å². The molecular formula is C23H27N5O4. The van der Waals surface area contributed by atoms with Crippen molar-refractivity contribution in [3.8, 4) is 17.2 Å². The molecule has 0 spiro atoms. The van der Waals surface area contributed by atoms with Crippen molar-refractivity contribution < 1.29 is 19.0 Å². The molecular weight excluding hydrogens is 410 g/mol.